The van der Waals surface area contributed by atoms with Crippen molar-refractivity contribution in [1.82, 2.24) is 0 Å². The Labute approximate surface area is 227 Å². The van der Waals surface area contributed by atoms with Gasteiger partial charge in [0, 0.05) is 24.5 Å². The Bertz CT molecular complexity index is 882. The van der Waals surface area contributed by atoms with Gasteiger partial charge in [0.05, 0.1) is 0 Å². The fraction of sp³-hybridized carbons (Fsp3) is 0.619. The molecule has 1 saturated carbocycles. The van der Waals surface area contributed by atoms with Crippen LogP contribution in [-0.4, -0.2) is 12.7 Å². The fourth-order valence-electron chi connectivity index (χ4n) is 6.20. The standard InChI is InChI=1S/C21H27O7P.2Na/c1-25-21(15-9-11-17(12-10-15)26-29(22,23)24)20(27-28-21)16-6-4-8-19(20)18-7-3-2-5-14(18)13-16;;/h9-12,16,19H,2-8,13H2,1H3,(H2,22,23,24);;/q;2*+1/p-2. The van der Waals surface area contributed by atoms with Crippen LogP contribution >= 0.6 is 7.82 Å². The first-order chi connectivity index (χ1) is 13.9. The van der Waals surface area contributed by atoms with E-state index in [1.54, 1.807) is 24.8 Å². The molecule has 2 fully saturated rings. The average molecular weight is 466 g/mol. The minimum atomic E-state index is -5.10. The van der Waals surface area contributed by atoms with Gasteiger partial charge >= 0.3 is 59.1 Å². The quantitative estimate of drug-likeness (QED) is 0.203. The number of benzene rings is 1. The fourth-order valence-corrected chi connectivity index (χ4v) is 6.58. The number of rotatable bonds is 4. The van der Waals surface area contributed by atoms with Crippen molar-refractivity contribution in [3.05, 3.63) is 41.0 Å². The summed E-state index contributed by atoms with van der Waals surface area (Å²) in [5.74, 6) is -0.510. The molecule has 2 bridgehead atoms. The zero-order valence-electron chi connectivity index (χ0n) is 18.4. The van der Waals surface area contributed by atoms with E-state index in [1.807, 2.05) is 0 Å². The SMILES string of the molecule is COC1(c2ccc(OP(=O)([O-])[O-])cc2)OOC12C1CCCC2C2=C(CCCC2)C1.[Na+].[Na+]. The van der Waals surface area contributed by atoms with Crippen LogP contribution in [0.3, 0.4) is 0 Å². The number of phosphoric acid groups is 1. The van der Waals surface area contributed by atoms with Crippen LogP contribution in [0, 0.1) is 11.8 Å². The first-order valence-electron chi connectivity index (χ1n) is 10.3. The van der Waals surface area contributed by atoms with Gasteiger partial charge in [0.25, 0.3) is 5.79 Å². The topological polar surface area (TPSA) is 100 Å². The molecule has 10 heteroatoms. The van der Waals surface area contributed by atoms with Crippen molar-refractivity contribution in [2.75, 3.05) is 7.11 Å². The number of fused-ring (bicyclic) bond motifs is 1. The number of phosphoric ester groups is 1. The zero-order chi connectivity index (χ0) is 20.3. The molecule has 1 aromatic rings. The van der Waals surface area contributed by atoms with E-state index >= 15 is 0 Å². The van der Waals surface area contributed by atoms with Crippen LogP contribution in [0.2, 0.25) is 0 Å². The van der Waals surface area contributed by atoms with Crippen molar-refractivity contribution in [3.63, 3.8) is 0 Å². The molecule has 4 aliphatic rings. The van der Waals surface area contributed by atoms with Gasteiger partial charge in [-0.05, 0) is 69.2 Å². The summed E-state index contributed by atoms with van der Waals surface area (Å²) in [4.78, 5) is 33.5. The van der Waals surface area contributed by atoms with Crippen molar-refractivity contribution >= 4 is 7.82 Å². The molecule has 0 N–H and O–H groups in total. The summed E-state index contributed by atoms with van der Waals surface area (Å²) in [6.45, 7) is 0. The van der Waals surface area contributed by atoms with E-state index in [2.05, 4.69) is 4.52 Å². The Kier molecular flexibility index (Phi) is 8.35. The Morgan fingerprint density at radius 2 is 1.74 bits per heavy atom. The third kappa shape index (κ3) is 4.22. The first kappa shape index (κ1) is 26.4. The molecule has 1 saturated heterocycles. The molecule has 0 amide bonds. The second-order valence-corrected chi connectivity index (χ2v) is 9.64. The van der Waals surface area contributed by atoms with E-state index in [-0.39, 0.29) is 70.8 Å². The molecule has 4 unspecified atom stereocenters. The molecule has 0 radical (unpaired) electrons. The second kappa shape index (κ2) is 9.80. The van der Waals surface area contributed by atoms with Crippen molar-refractivity contribution in [3.8, 4) is 5.75 Å². The van der Waals surface area contributed by atoms with Gasteiger partial charge in [-0.25, -0.2) is 4.89 Å². The number of methoxy groups -OCH3 is 1. The number of hydrogen-bond acceptors (Lipinski definition) is 7. The molecular formula is C21H25Na2O7P. The van der Waals surface area contributed by atoms with Gasteiger partial charge in [0.15, 0.2) is 5.60 Å². The summed E-state index contributed by atoms with van der Waals surface area (Å²) in [5, 5.41) is 0. The molecule has 1 spiro atoms. The van der Waals surface area contributed by atoms with Crippen LogP contribution in [0.4, 0.5) is 0 Å². The van der Waals surface area contributed by atoms with Crippen LogP contribution < -0.4 is 73.4 Å². The molecule has 3 aliphatic carbocycles. The van der Waals surface area contributed by atoms with E-state index in [1.165, 1.54) is 43.4 Å². The minimum Gasteiger partial charge on any atom is -0.780 e. The van der Waals surface area contributed by atoms with Gasteiger partial charge in [-0.2, -0.15) is 4.89 Å². The Balaban J connectivity index is 0.00000136. The Morgan fingerprint density at radius 3 is 2.35 bits per heavy atom. The first-order valence-corrected chi connectivity index (χ1v) is 11.8. The maximum absolute atomic E-state index is 10.9. The molecule has 5 rings (SSSR count). The monoisotopic (exact) mass is 466 g/mol. The van der Waals surface area contributed by atoms with Crippen LogP contribution in [-0.2, 0) is 24.9 Å². The summed E-state index contributed by atoms with van der Waals surface area (Å²) in [6.07, 6.45) is 9.11. The van der Waals surface area contributed by atoms with E-state index in [0.717, 1.165) is 31.2 Å². The molecule has 1 aliphatic heterocycles. The summed E-state index contributed by atoms with van der Waals surface area (Å²) in [6, 6.07) is 6.30. The molecule has 158 valence electrons. The third-order valence-electron chi connectivity index (χ3n) is 7.26. The molecule has 1 heterocycles. The molecule has 31 heavy (non-hydrogen) atoms. The minimum absolute atomic E-state index is 0. The molecule has 4 atom stereocenters. The van der Waals surface area contributed by atoms with E-state index in [4.69, 9.17) is 14.5 Å². The number of hydrogen-bond donors (Lipinski definition) is 0. The molecule has 0 aromatic heterocycles. The predicted molar refractivity (Wildman–Crippen MR) is 99.2 cm³/mol. The van der Waals surface area contributed by atoms with Gasteiger partial charge in [-0.1, -0.05) is 17.6 Å². The van der Waals surface area contributed by atoms with E-state index < -0.39 is 19.2 Å². The zero-order valence-corrected chi connectivity index (χ0v) is 23.3. The van der Waals surface area contributed by atoms with Crippen molar-refractivity contribution in [2.24, 2.45) is 11.8 Å². The van der Waals surface area contributed by atoms with E-state index in [9.17, 15) is 14.4 Å². The molecule has 7 nitrogen and oxygen atoms in total. The predicted octanol–water partition coefficient (Wildman–Crippen LogP) is -2.91. The molecular weight excluding hydrogens is 441 g/mol. The Hall–Kier alpha value is 0.790. The van der Waals surface area contributed by atoms with E-state index in [0.29, 0.717) is 5.92 Å². The van der Waals surface area contributed by atoms with Gasteiger partial charge in [0.1, 0.15) is 13.6 Å². The maximum Gasteiger partial charge on any atom is 1.00 e. The average Bonchev–Trinajstić information content (AvgIpc) is 2.67. The van der Waals surface area contributed by atoms with Crippen molar-refractivity contribution < 1.29 is 92.5 Å². The van der Waals surface area contributed by atoms with Crippen LogP contribution in [0.1, 0.15) is 56.9 Å². The summed E-state index contributed by atoms with van der Waals surface area (Å²) in [5.41, 5.74) is 3.31. The second-order valence-electron chi connectivity index (χ2n) is 8.56. The van der Waals surface area contributed by atoms with Gasteiger partial charge in [0.2, 0.25) is 0 Å². The summed E-state index contributed by atoms with van der Waals surface area (Å²) < 4.78 is 21.4. The number of ether oxygens (including phenoxy) is 1. The summed E-state index contributed by atoms with van der Waals surface area (Å²) in [7, 11) is -3.48. The smallest absolute Gasteiger partial charge is 0.780 e. The van der Waals surface area contributed by atoms with Gasteiger partial charge in [-0.3, -0.25) is 0 Å². The van der Waals surface area contributed by atoms with Crippen LogP contribution in [0.25, 0.3) is 0 Å². The molecule has 1 aromatic carbocycles. The van der Waals surface area contributed by atoms with Gasteiger partial charge < -0.3 is 23.6 Å². The van der Waals surface area contributed by atoms with Crippen LogP contribution in [0.5, 0.6) is 5.75 Å². The van der Waals surface area contributed by atoms with Gasteiger partial charge in [-0.15, -0.1) is 0 Å². The van der Waals surface area contributed by atoms with Crippen LogP contribution in [0.15, 0.2) is 35.4 Å². The Morgan fingerprint density at radius 1 is 1.03 bits per heavy atom. The third-order valence-corrected chi connectivity index (χ3v) is 7.70. The van der Waals surface area contributed by atoms with Crippen molar-refractivity contribution in [2.45, 2.75) is 62.8 Å². The maximum atomic E-state index is 10.9. The normalized spacial score (nSPS) is 34.2. The summed E-state index contributed by atoms with van der Waals surface area (Å²) >= 11 is 0. The number of allylic oxidation sites excluding steroid dienone is 1. The largest absolute Gasteiger partial charge is 1.00 e. The van der Waals surface area contributed by atoms with Crippen molar-refractivity contribution in [1.29, 1.82) is 0 Å².